The van der Waals surface area contributed by atoms with Gasteiger partial charge in [0.2, 0.25) is 0 Å². The van der Waals surface area contributed by atoms with Crippen LogP contribution in [0.25, 0.3) is 0 Å². The molecule has 2 aliphatic heterocycles. The Hall–Kier alpha value is -2.52. The highest BCUT2D eigenvalue weighted by atomic mass is 32.2. The molecule has 4 rings (SSSR count). The highest BCUT2D eigenvalue weighted by Crippen LogP contribution is 2.26. The summed E-state index contributed by atoms with van der Waals surface area (Å²) in [6.07, 6.45) is 1.77. The Labute approximate surface area is 190 Å². The number of thioether (sulfide) groups is 2. The molecule has 9 heteroatoms. The van der Waals surface area contributed by atoms with Gasteiger partial charge in [-0.1, -0.05) is 47.8 Å². The van der Waals surface area contributed by atoms with Crippen LogP contribution in [0.3, 0.4) is 0 Å². The molecule has 0 N–H and O–H groups in total. The number of pyridine rings is 1. The van der Waals surface area contributed by atoms with Crippen molar-refractivity contribution in [2.45, 2.75) is 5.75 Å². The van der Waals surface area contributed by atoms with E-state index in [2.05, 4.69) is 14.9 Å². The standard InChI is InChI=1S/C22H24N4O3S2/c27-20(26-12-10-25(11-13-26)19-7-3-4-8-23-19)15-29-21(28)18-6-2-1-5-17(18)16-31-22-24-9-14-30-22/h1-8H,9-16H2. The third-order valence-electron chi connectivity index (χ3n) is 5.08. The van der Waals surface area contributed by atoms with Gasteiger partial charge in [0.05, 0.1) is 12.1 Å². The van der Waals surface area contributed by atoms with E-state index >= 15 is 0 Å². The lowest BCUT2D eigenvalue weighted by molar-refractivity contribution is -0.134. The second kappa shape index (κ2) is 10.7. The Morgan fingerprint density at radius 2 is 1.87 bits per heavy atom. The highest BCUT2D eigenvalue weighted by molar-refractivity contribution is 8.38. The van der Waals surface area contributed by atoms with Gasteiger partial charge in [0, 0.05) is 43.9 Å². The van der Waals surface area contributed by atoms with Crippen molar-refractivity contribution >= 4 is 45.6 Å². The second-order valence-corrected chi connectivity index (χ2v) is 9.38. The smallest absolute Gasteiger partial charge is 0.338 e. The number of carbonyl (C=O) groups excluding carboxylic acids is 2. The maximum atomic E-state index is 12.6. The number of aromatic nitrogens is 1. The minimum Gasteiger partial charge on any atom is -0.452 e. The van der Waals surface area contributed by atoms with Gasteiger partial charge in [0.25, 0.3) is 5.91 Å². The first-order valence-corrected chi connectivity index (χ1v) is 12.2. The minimum absolute atomic E-state index is 0.169. The van der Waals surface area contributed by atoms with Gasteiger partial charge in [0.15, 0.2) is 6.61 Å². The molecule has 3 heterocycles. The van der Waals surface area contributed by atoms with Gasteiger partial charge in [0.1, 0.15) is 10.2 Å². The first kappa shape index (κ1) is 21.7. The van der Waals surface area contributed by atoms with Crippen molar-refractivity contribution in [3.8, 4) is 0 Å². The molecule has 2 aromatic rings. The molecule has 1 saturated heterocycles. The summed E-state index contributed by atoms with van der Waals surface area (Å²) in [6, 6.07) is 13.2. The zero-order valence-electron chi connectivity index (χ0n) is 17.1. The fraction of sp³-hybridized carbons (Fsp3) is 0.364. The van der Waals surface area contributed by atoms with E-state index < -0.39 is 5.97 Å². The van der Waals surface area contributed by atoms with Crippen LogP contribution < -0.4 is 4.90 Å². The Bertz CT molecular complexity index is 947. The normalized spacial score (nSPS) is 16.2. The summed E-state index contributed by atoms with van der Waals surface area (Å²) in [4.78, 5) is 37.9. The molecule has 0 bridgehead atoms. The molecule has 0 radical (unpaired) electrons. The Morgan fingerprint density at radius 1 is 1.06 bits per heavy atom. The number of ether oxygens (including phenoxy) is 1. The molecule has 0 spiro atoms. The van der Waals surface area contributed by atoms with Crippen LogP contribution in [0.5, 0.6) is 0 Å². The monoisotopic (exact) mass is 456 g/mol. The van der Waals surface area contributed by atoms with Crippen molar-refractivity contribution in [2.24, 2.45) is 4.99 Å². The van der Waals surface area contributed by atoms with Gasteiger partial charge in [-0.2, -0.15) is 0 Å². The minimum atomic E-state index is -0.460. The van der Waals surface area contributed by atoms with E-state index in [-0.39, 0.29) is 12.5 Å². The molecule has 1 aromatic heterocycles. The van der Waals surface area contributed by atoms with Gasteiger partial charge < -0.3 is 14.5 Å². The number of rotatable bonds is 6. The number of aliphatic imine (C=N–C) groups is 1. The maximum Gasteiger partial charge on any atom is 0.338 e. The lowest BCUT2D eigenvalue weighted by Gasteiger charge is -2.35. The summed E-state index contributed by atoms with van der Waals surface area (Å²) in [5.41, 5.74) is 1.40. The third-order valence-corrected chi connectivity index (χ3v) is 7.38. The van der Waals surface area contributed by atoms with Crippen LogP contribution in [-0.4, -0.2) is 71.2 Å². The van der Waals surface area contributed by atoms with Crippen molar-refractivity contribution < 1.29 is 14.3 Å². The van der Waals surface area contributed by atoms with Crippen molar-refractivity contribution in [3.05, 3.63) is 59.8 Å². The van der Waals surface area contributed by atoms with Gasteiger partial charge in [-0.3, -0.25) is 9.79 Å². The van der Waals surface area contributed by atoms with Crippen molar-refractivity contribution in [2.75, 3.05) is 50.0 Å². The molecule has 162 valence electrons. The number of piperazine rings is 1. The van der Waals surface area contributed by atoms with E-state index in [0.717, 1.165) is 28.1 Å². The number of hydrogen-bond acceptors (Lipinski definition) is 8. The van der Waals surface area contributed by atoms with Gasteiger partial charge in [-0.15, -0.1) is 0 Å². The summed E-state index contributed by atoms with van der Waals surface area (Å²) in [5, 5.41) is 0. The summed E-state index contributed by atoms with van der Waals surface area (Å²) >= 11 is 3.38. The number of benzene rings is 1. The fourth-order valence-electron chi connectivity index (χ4n) is 3.41. The van der Waals surface area contributed by atoms with E-state index in [1.165, 1.54) is 0 Å². The molecule has 0 aliphatic carbocycles. The lowest BCUT2D eigenvalue weighted by Crippen LogP contribution is -2.50. The molecule has 31 heavy (non-hydrogen) atoms. The van der Waals surface area contributed by atoms with Gasteiger partial charge in [-0.05, 0) is 23.8 Å². The molecule has 1 amide bonds. The van der Waals surface area contributed by atoms with E-state index in [4.69, 9.17) is 4.74 Å². The number of hydrogen-bond donors (Lipinski definition) is 0. The average molecular weight is 457 g/mol. The first-order valence-electron chi connectivity index (χ1n) is 10.2. The van der Waals surface area contributed by atoms with E-state index in [0.29, 0.717) is 37.5 Å². The molecular weight excluding hydrogens is 432 g/mol. The van der Waals surface area contributed by atoms with Crippen LogP contribution in [0, 0.1) is 0 Å². The summed E-state index contributed by atoms with van der Waals surface area (Å²) < 4.78 is 6.42. The molecule has 1 fully saturated rings. The SMILES string of the molecule is O=C(OCC(=O)N1CCN(c2ccccn2)CC1)c1ccccc1CSC1=NCCS1. The zero-order valence-corrected chi connectivity index (χ0v) is 18.7. The van der Waals surface area contributed by atoms with E-state index in [1.54, 1.807) is 40.7 Å². The van der Waals surface area contributed by atoms with Crippen molar-refractivity contribution in [1.29, 1.82) is 0 Å². The number of anilines is 1. The van der Waals surface area contributed by atoms with Crippen LogP contribution in [0.15, 0.2) is 53.7 Å². The molecule has 2 aliphatic rings. The molecule has 0 unspecified atom stereocenters. The van der Waals surface area contributed by atoms with Crippen LogP contribution >= 0.6 is 23.5 Å². The van der Waals surface area contributed by atoms with Gasteiger partial charge >= 0.3 is 5.97 Å². The molecule has 1 aromatic carbocycles. The first-order chi connectivity index (χ1) is 15.2. The second-order valence-electron chi connectivity index (χ2n) is 7.07. The number of amides is 1. The van der Waals surface area contributed by atoms with Gasteiger partial charge in [-0.25, -0.2) is 9.78 Å². The van der Waals surface area contributed by atoms with Crippen LogP contribution in [0.2, 0.25) is 0 Å². The van der Waals surface area contributed by atoms with Crippen LogP contribution in [-0.2, 0) is 15.3 Å². The third kappa shape index (κ3) is 5.80. The van der Waals surface area contributed by atoms with Crippen molar-refractivity contribution in [1.82, 2.24) is 9.88 Å². The molecule has 0 saturated carbocycles. The predicted molar refractivity (Wildman–Crippen MR) is 126 cm³/mol. The topological polar surface area (TPSA) is 75.1 Å². The average Bonchev–Trinajstić information content (AvgIpc) is 3.35. The maximum absolute atomic E-state index is 12.6. The Balaban J connectivity index is 1.26. The fourth-order valence-corrected chi connectivity index (χ4v) is 5.42. The number of carbonyl (C=O) groups is 2. The number of esters is 1. The largest absolute Gasteiger partial charge is 0.452 e. The molecule has 7 nitrogen and oxygen atoms in total. The summed E-state index contributed by atoms with van der Waals surface area (Å²) in [7, 11) is 0. The van der Waals surface area contributed by atoms with E-state index in [1.807, 2.05) is 36.4 Å². The number of nitrogens with zero attached hydrogens (tertiary/aromatic N) is 4. The Morgan fingerprint density at radius 3 is 2.61 bits per heavy atom. The van der Waals surface area contributed by atoms with Crippen LogP contribution in [0.4, 0.5) is 5.82 Å². The van der Waals surface area contributed by atoms with Crippen LogP contribution in [0.1, 0.15) is 15.9 Å². The molecule has 0 atom stereocenters. The quantitative estimate of drug-likeness (QED) is 0.619. The predicted octanol–water partition coefficient (Wildman–Crippen LogP) is 2.92. The zero-order chi connectivity index (χ0) is 21.5. The summed E-state index contributed by atoms with van der Waals surface area (Å²) in [5.74, 6) is 1.96. The van der Waals surface area contributed by atoms with Crippen molar-refractivity contribution in [3.63, 3.8) is 0 Å². The highest BCUT2D eigenvalue weighted by Gasteiger charge is 2.23. The lowest BCUT2D eigenvalue weighted by atomic mass is 10.1. The summed E-state index contributed by atoms with van der Waals surface area (Å²) in [6.45, 7) is 3.19. The van der Waals surface area contributed by atoms with E-state index in [9.17, 15) is 9.59 Å². The Kier molecular flexibility index (Phi) is 7.48. The molecular formula is C22H24N4O3S2.